The van der Waals surface area contributed by atoms with Crippen molar-refractivity contribution in [1.82, 2.24) is 24.1 Å². The fourth-order valence-electron chi connectivity index (χ4n) is 2.22. The second-order valence-corrected chi connectivity index (χ2v) is 4.63. The van der Waals surface area contributed by atoms with Crippen LogP contribution >= 0.6 is 0 Å². The number of rotatable bonds is 3. The van der Waals surface area contributed by atoms with Gasteiger partial charge in [-0.1, -0.05) is 0 Å². The van der Waals surface area contributed by atoms with E-state index in [9.17, 15) is 4.79 Å². The standard InChI is InChI=1S/C14H15N5O2/c1-4-21-14(20)12-13-17-10(11-5-6-16-18(11)3)7-9(2)19(13)8-15-12/h5-8H,4H2,1-3H3. The van der Waals surface area contributed by atoms with Crippen LogP contribution < -0.4 is 0 Å². The summed E-state index contributed by atoms with van der Waals surface area (Å²) in [7, 11) is 1.85. The molecule has 0 aliphatic rings. The fraction of sp³-hybridized carbons (Fsp3) is 0.286. The van der Waals surface area contributed by atoms with Crippen LogP contribution in [-0.2, 0) is 11.8 Å². The Balaban J connectivity index is 2.20. The van der Waals surface area contributed by atoms with Crippen molar-refractivity contribution in [3.8, 4) is 11.4 Å². The number of nitrogens with zero attached hydrogens (tertiary/aromatic N) is 5. The van der Waals surface area contributed by atoms with Gasteiger partial charge in [0.2, 0.25) is 0 Å². The van der Waals surface area contributed by atoms with Crippen molar-refractivity contribution in [2.75, 3.05) is 6.61 Å². The minimum absolute atomic E-state index is 0.226. The van der Waals surface area contributed by atoms with E-state index < -0.39 is 5.97 Å². The van der Waals surface area contributed by atoms with E-state index >= 15 is 0 Å². The molecule has 3 aromatic heterocycles. The summed E-state index contributed by atoms with van der Waals surface area (Å²) in [6.45, 7) is 4.00. The van der Waals surface area contributed by atoms with Crippen LogP contribution in [0.5, 0.6) is 0 Å². The second-order valence-electron chi connectivity index (χ2n) is 4.63. The van der Waals surface area contributed by atoms with Gasteiger partial charge < -0.3 is 4.74 Å². The summed E-state index contributed by atoms with van der Waals surface area (Å²) >= 11 is 0. The Morgan fingerprint density at radius 3 is 2.90 bits per heavy atom. The zero-order valence-corrected chi connectivity index (χ0v) is 12.1. The summed E-state index contributed by atoms with van der Waals surface area (Å²) in [4.78, 5) is 20.6. The normalized spacial score (nSPS) is 11.0. The van der Waals surface area contributed by atoms with E-state index in [0.717, 1.165) is 17.1 Å². The van der Waals surface area contributed by atoms with E-state index in [4.69, 9.17) is 4.74 Å². The predicted octanol–water partition coefficient (Wildman–Crippen LogP) is 1.61. The van der Waals surface area contributed by atoms with Gasteiger partial charge in [-0.2, -0.15) is 5.10 Å². The molecular formula is C14H15N5O2. The second kappa shape index (κ2) is 5.01. The lowest BCUT2D eigenvalue weighted by atomic mass is 10.2. The van der Waals surface area contributed by atoms with Gasteiger partial charge in [-0.15, -0.1) is 0 Å². The maximum absolute atomic E-state index is 11.9. The number of carbonyl (C=O) groups excluding carboxylic acids is 1. The van der Waals surface area contributed by atoms with Gasteiger partial charge in [-0.25, -0.2) is 14.8 Å². The third-order valence-electron chi connectivity index (χ3n) is 3.25. The number of imidazole rings is 1. The van der Waals surface area contributed by atoms with Crippen molar-refractivity contribution in [3.05, 3.63) is 36.0 Å². The lowest BCUT2D eigenvalue weighted by molar-refractivity contribution is 0.0522. The van der Waals surface area contributed by atoms with E-state index in [0.29, 0.717) is 12.3 Å². The van der Waals surface area contributed by atoms with Crippen LogP contribution in [0.2, 0.25) is 0 Å². The van der Waals surface area contributed by atoms with Gasteiger partial charge in [0.1, 0.15) is 6.33 Å². The molecule has 3 rings (SSSR count). The smallest absolute Gasteiger partial charge is 0.360 e. The Labute approximate surface area is 121 Å². The van der Waals surface area contributed by atoms with Gasteiger partial charge in [-0.3, -0.25) is 9.08 Å². The molecule has 0 radical (unpaired) electrons. The number of hydrogen-bond donors (Lipinski definition) is 0. The van der Waals surface area contributed by atoms with Gasteiger partial charge in [-0.05, 0) is 26.0 Å². The molecule has 0 aliphatic carbocycles. The number of fused-ring (bicyclic) bond motifs is 1. The van der Waals surface area contributed by atoms with Crippen LogP contribution in [0.15, 0.2) is 24.7 Å². The number of esters is 1. The fourth-order valence-corrected chi connectivity index (χ4v) is 2.22. The number of hydrogen-bond acceptors (Lipinski definition) is 5. The highest BCUT2D eigenvalue weighted by molar-refractivity contribution is 5.94. The Bertz CT molecular complexity index is 818. The van der Waals surface area contributed by atoms with Gasteiger partial charge in [0.15, 0.2) is 11.3 Å². The summed E-state index contributed by atoms with van der Waals surface area (Å²) in [6, 6.07) is 3.80. The molecule has 0 amide bonds. The molecule has 0 N–H and O–H groups in total. The first-order valence-corrected chi connectivity index (χ1v) is 6.62. The Morgan fingerprint density at radius 1 is 1.43 bits per heavy atom. The Kier molecular flexibility index (Phi) is 3.17. The Morgan fingerprint density at radius 2 is 2.24 bits per heavy atom. The van der Waals surface area contributed by atoms with Crippen LogP contribution in [-0.4, -0.2) is 36.7 Å². The average Bonchev–Trinajstić information content (AvgIpc) is 3.05. The molecule has 21 heavy (non-hydrogen) atoms. The predicted molar refractivity (Wildman–Crippen MR) is 75.9 cm³/mol. The molecule has 0 spiro atoms. The van der Waals surface area contributed by atoms with E-state index in [1.807, 2.05) is 26.1 Å². The monoisotopic (exact) mass is 285 g/mol. The van der Waals surface area contributed by atoms with Crippen LogP contribution in [0.25, 0.3) is 17.0 Å². The van der Waals surface area contributed by atoms with Gasteiger partial charge in [0.25, 0.3) is 0 Å². The molecule has 3 heterocycles. The molecule has 0 aliphatic heterocycles. The average molecular weight is 285 g/mol. The number of ether oxygens (including phenoxy) is 1. The molecule has 0 fully saturated rings. The summed E-state index contributed by atoms with van der Waals surface area (Å²) in [5.74, 6) is -0.464. The number of aromatic nitrogens is 5. The van der Waals surface area contributed by atoms with Crippen molar-refractivity contribution in [1.29, 1.82) is 0 Å². The lowest BCUT2D eigenvalue weighted by Gasteiger charge is -2.06. The highest BCUT2D eigenvalue weighted by Crippen LogP contribution is 2.20. The van der Waals surface area contributed by atoms with Crippen molar-refractivity contribution in [3.63, 3.8) is 0 Å². The molecule has 0 atom stereocenters. The van der Waals surface area contributed by atoms with Crippen LogP contribution in [0.1, 0.15) is 23.1 Å². The van der Waals surface area contributed by atoms with Crippen molar-refractivity contribution < 1.29 is 9.53 Å². The maximum atomic E-state index is 11.9. The van der Waals surface area contributed by atoms with E-state index in [1.165, 1.54) is 0 Å². The first-order chi connectivity index (χ1) is 10.1. The Hall–Kier alpha value is -2.70. The number of aryl methyl sites for hydroxylation is 2. The zero-order chi connectivity index (χ0) is 15.0. The summed E-state index contributed by atoms with van der Waals surface area (Å²) in [5.41, 5.74) is 3.26. The first-order valence-electron chi connectivity index (χ1n) is 6.62. The molecule has 0 saturated heterocycles. The van der Waals surface area contributed by atoms with E-state index in [1.54, 1.807) is 28.5 Å². The molecule has 3 aromatic rings. The maximum Gasteiger partial charge on any atom is 0.360 e. The van der Waals surface area contributed by atoms with E-state index in [2.05, 4.69) is 15.1 Å². The summed E-state index contributed by atoms with van der Waals surface area (Å²) in [6.07, 6.45) is 3.29. The SMILES string of the molecule is CCOC(=O)c1ncn2c(C)cc(-c3ccnn3C)nc12. The lowest BCUT2D eigenvalue weighted by Crippen LogP contribution is -2.07. The molecular weight excluding hydrogens is 270 g/mol. The van der Waals surface area contributed by atoms with E-state index in [-0.39, 0.29) is 5.69 Å². The van der Waals surface area contributed by atoms with Crippen LogP contribution in [0.3, 0.4) is 0 Å². The third kappa shape index (κ3) is 2.16. The van der Waals surface area contributed by atoms with Crippen molar-refractivity contribution in [2.45, 2.75) is 13.8 Å². The summed E-state index contributed by atoms with van der Waals surface area (Å²) < 4.78 is 8.52. The third-order valence-corrected chi connectivity index (χ3v) is 3.25. The van der Waals surface area contributed by atoms with Gasteiger partial charge >= 0.3 is 5.97 Å². The molecule has 0 aromatic carbocycles. The van der Waals surface area contributed by atoms with Crippen molar-refractivity contribution >= 4 is 11.6 Å². The molecule has 7 nitrogen and oxygen atoms in total. The molecule has 0 saturated carbocycles. The zero-order valence-electron chi connectivity index (χ0n) is 12.1. The highest BCUT2D eigenvalue weighted by atomic mass is 16.5. The molecule has 7 heteroatoms. The molecule has 0 bridgehead atoms. The molecule has 108 valence electrons. The highest BCUT2D eigenvalue weighted by Gasteiger charge is 2.18. The van der Waals surface area contributed by atoms with Gasteiger partial charge in [0, 0.05) is 18.9 Å². The topological polar surface area (TPSA) is 74.3 Å². The molecule has 0 unspecified atom stereocenters. The minimum Gasteiger partial charge on any atom is -0.461 e. The first kappa shape index (κ1) is 13.3. The number of carbonyl (C=O) groups is 1. The largest absolute Gasteiger partial charge is 0.461 e. The van der Waals surface area contributed by atoms with Crippen LogP contribution in [0.4, 0.5) is 0 Å². The summed E-state index contributed by atoms with van der Waals surface area (Å²) in [5, 5.41) is 4.14. The van der Waals surface area contributed by atoms with Crippen molar-refractivity contribution in [2.24, 2.45) is 7.05 Å². The van der Waals surface area contributed by atoms with Gasteiger partial charge in [0.05, 0.1) is 18.0 Å². The minimum atomic E-state index is -0.464. The van der Waals surface area contributed by atoms with Crippen LogP contribution in [0, 0.1) is 6.92 Å². The quantitative estimate of drug-likeness (QED) is 0.683.